The summed E-state index contributed by atoms with van der Waals surface area (Å²) < 4.78 is 58.8. The van der Waals surface area contributed by atoms with Gasteiger partial charge in [-0.05, 0) is 37.1 Å². The normalized spacial score (nSPS) is 11.5. The molecule has 0 aliphatic carbocycles. The number of halogens is 3. The zero-order valence-electron chi connectivity index (χ0n) is 16.8. The lowest BCUT2D eigenvalue weighted by molar-refractivity contribution is -0.274. The lowest BCUT2D eigenvalue weighted by Crippen LogP contribution is -2.17. The van der Waals surface area contributed by atoms with Crippen molar-refractivity contribution in [1.82, 2.24) is 0 Å². The van der Waals surface area contributed by atoms with E-state index in [4.69, 9.17) is 13.9 Å². The first-order valence-electron chi connectivity index (χ1n) is 9.63. The van der Waals surface area contributed by atoms with Crippen molar-refractivity contribution in [2.24, 2.45) is 0 Å². The van der Waals surface area contributed by atoms with Gasteiger partial charge in [0.05, 0.1) is 0 Å². The molecule has 0 aliphatic heterocycles. The highest BCUT2D eigenvalue weighted by molar-refractivity contribution is 7.15. The zero-order chi connectivity index (χ0) is 22.4. The molecule has 5 nitrogen and oxygen atoms in total. The number of rotatable bonds is 10. The van der Waals surface area contributed by atoms with Crippen LogP contribution in [0.3, 0.4) is 0 Å². The Morgan fingerprint density at radius 1 is 1.23 bits per heavy atom. The van der Waals surface area contributed by atoms with Gasteiger partial charge in [-0.1, -0.05) is 26.3 Å². The molecule has 9 heteroatoms. The molecule has 31 heavy (non-hydrogen) atoms. The van der Waals surface area contributed by atoms with Gasteiger partial charge in [-0.15, -0.1) is 24.5 Å². The van der Waals surface area contributed by atoms with E-state index >= 15 is 0 Å². The number of furan rings is 1. The Morgan fingerprint density at radius 2 is 2.03 bits per heavy atom. The van der Waals surface area contributed by atoms with Crippen LogP contribution in [0.2, 0.25) is 0 Å². The summed E-state index contributed by atoms with van der Waals surface area (Å²) in [6, 6.07) is 8.00. The SMILES string of the molecule is C=CC(=O)OCOc1ccc2cc(-c3sc(CCCCC)cc3OC(F)(F)F)oc2c1. The van der Waals surface area contributed by atoms with Crippen LogP contribution >= 0.6 is 11.3 Å². The Balaban J connectivity index is 1.85. The van der Waals surface area contributed by atoms with E-state index in [0.717, 1.165) is 30.2 Å². The second-order valence-electron chi connectivity index (χ2n) is 6.65. The molecule has 0 aliphatic rings. The summed E-state index contributed by atoms with van der Waals surface area (Å²) in [4.78, 5) is 12.1. The van der Waals surface area contributed by atoms with Crippen molar-refractivity contribution in [3.05, 3.63) is 47.9 Å². The molecular formula is C22H21F3O5S. The summed E-state index contributed by atoms with van der Waals surface area (Å²) in [5.74, 6) is -0.235. The number of fused-ring (bicyclic) bond motifs is 1. The second-order valence-corrected chi connectivity index (χ2v) is 7.79. The van der Waals surface area contributed by atoms with E-state index < -0.39 is 12.3 Å². The molecule has 2 heterocycles. The Hall–Kier alpha value is -2.94. The van der Waals surface area contributed by atoms with Crippen LogP contribution in [-0.2, 0) is 16.0 Å². The summed E-state index contributed by atoms with van der Waals surface area (Å²) in [5, 5.41) is 0.685. The molecule has 0 fully saturated rings. The van der Waals surface area contributed by atoms with Crippen molar-refractivity contribution in [3.8, 4) is 22.1 Å². The van der Waals surface area contributed by atoms with E-state index in [0.29, 0.717) is 23.1 Å². The molecule has 0 amide bonds. The van der Waals surface area contributed by atoms with Gasteiger partial charge in [-0.3, -0.25) is 0 Å². The van der Waals surface area contributed by atoms with Crippen LogP contribution < -0.4 is 9.47 Å². The number of benzene rings is 1. The van der Waals surface area contributed by atoms with Crippen LogP contribution in [0.1, 0.15) is 31.1 Å². The molecule has 0 atom stereocenters. The average molecular weight is 454 g/mol. The predicted molar refractivity (Wildman–Crippen MR) is 111 cm³/mol. The minimum Gasteiger partial charge on any atom is -0.457 e. The summed E-state index contributed by atoms with van der Waals surface area (Å²) in [6.07, 6.45) is -0.202. The molecule has 166 valence electrons. The maximum absolute atomic E-state index is 12.9. The van der Waals surface area contributed by atoms with Crippen LogP contribution in [0.5, 0.6) is 11.5 Å². The molecule has 2 aromatic heterocycles. The second kappa shape index (κ2) is 9.91. The quantitative estimate of drug-likeness (QED) is 0.145. The average Bonchev–Trinajstić information content (AvgIpc) is 3.30. The van der Waals surface area contributed by atoms with E-state index in [2.05, 4.69) is 18.2 Å². The third-order valence-corrected chi connectivity index (χ3v) is 5.50. The van der Waals surface area contributed by atoms with Gasteiger partial charge in [-0.25, -0.2) is 4.79 Å². The van der Waals surface area contributed by atoms with Crippen LogP contribution in [0.25, 0.3) is 21.6 Å². The van der Waals surface area contributed by atoms with E-state index in [-0.39, 0.29) is 23.2 Å². The number of alkyl halides is 3. The summed E-state index contributed by atoms with van der Waals surface area (Å²) >= 11 is 1.23. The molecule has 0 N–H and O–H groups in total. The molecule has 0 saturated carbocycles. The van der Waals surface area contributed by atoms with Crippen molar-refractivity contribution in [2.75, 3.05) is 6.79 Å². The third-order valence-electron chi connectivity index (χ3n) is 4.31. The number of esters is 1. The minimum atomic E-state index is -4.80. The van der Waals surface area contributed by atoms with E-state index in [1.165, 1.54) is 17.4 Å². The standard InChI is InChI=1S/C22H21F3O5S/c1-3-5-6-7-16-12-19(30-22(23,24)25)21(31-16)18-10-14-8-9-15(11-17(14)29-18)27-13-28-20(26)4-2/h4,8-12H,2-3,5-7,13H2,1H3. The number of ether oxygens (including phenoxy) is 3. The monoisotopic (exact) mass is 454 g/mol. The lowest BCUT2D eigenvalue weighted by atomic mass is 10.2. The fourth-order valence-corrected chi connectivity index (χ4v) is 3.97. The molecule has 3 rings (SSSR count). The molecule has 0 unspecified atom stereocenters. The van der Waals surface area contributed by atoms with Crippen LogP contribution in [-0.4, -0.2) is 19.1 Å². The van der Waals surface area contributed by atoms with Crippen molar-refractivity contribution in [3.63, 3.8) is 0 Å². The Bertz CT molecular complexity index is 1050. The summed E-state index contributed by atoms with van der Waals surface area (Å²) in [6.45, 7) is 5.04. The number of carbonyl (C=O) groups is 1. The first kappa shape index (κ1) is 22.7. The number of unbranched alkanes of at least 4 members (excludes halogenated alkanes) is 2. The molecule has 0 saturated heterocycles. The van der Waals surface area contributed by atoms with Crippen molar-refractivity contribution >= 4 is 28.3 Å². The van der Waals surface area contributed by atoms with E-state index in [1.807, 2.05) is 0 Å². The topological polar surface area (TPSA) is 57.9 Å². The Morgan fingerprint density at radius 3 is 2.74 bits per heavy atom. The first-order valence-corrected chi connectivity index (χ1v) is 10.4. The summed E-state index contributed by atoms with van der Waals surface area (Å²) in [7, 11) is 0. The van der Waals surface area contributed by atoms with Gasteiger partial charge in [0.1, 0.15) is 22.0 Å². The van der Waals surface area contributed by atoms with E-state index in [1.54, 1.807) is 24.3 Å². The van der Waals surface area contributed by atoms with Crippen molar-refractivity contribution in [1.29, 1.82) is 0 Å². The Labute approximate surface area is 181 Å². The van der Waals surface area contributed by atoms with Crippen molar-refractivity contribution in [2.45, 2.75) is 39.0 Å². The highest BCUT2D eigenvalue weighted by atomic mass is 32.1. The predicted octanol–water partition coefficient (Wildman–Crippen LogP) is 6.86. The maximum atomic E-state index is 12.9. The van der Waals surface area contributed by atoms with Gasteiger partial charge in [0.2, 0.25) is 6.79 Å². The minimum absolute atomic E-state index is 0.268. The molecule has 1 aromatic carbocycles. The number of carbonyl (C=O) groups excluding carboxylic acids is 1. The first-order chi connectivity index (χ1) is 14.8. The van der Waals surface area contributed by atoms with Crippen LogP contribution in [0.4, 0.5) is 13.2 Å². The smallest absolute Gasteiger partial charge is 0.457 e. The largest absolute Gasteiger partial charge is 0.573 e. The van der Waals surface area contributed by atoms with Gasteiger partial charge in [0.15, 0.2) is 5.75 Å². The van der Waals surface area contributed by atoms with Gasteiger partial charge in [0.25, 0.3) is 0 Å². The van der Waals surface area contributed by atoms with Crippen molar-refractivity contribution < 1.29 is 36.6 Å². The third kappa shape index (κ3) is 6.27. The Kier molecular flexibility index (Phi) is 7.27. The van der Waals surface area contributed by atoms with Crippen LogP contribution in [0, 0.1) is 0 Å². The maximum Gasteiger partial charge on any atom is 0.573 e. The molecule has 3 aromatic rings. The molecule has 0 radical (unpaired) electrons. The highest BCUT2D eigenvalue weighted by Crippen LogP contribution is 2.43. The molecule has 0 bridgehead atoms. The van der Waals surface area contributed by atoms with Gasteiger partial charge in [0, 0.05) is 22.4 Å². The van der Waals surface area contributed by atoms with Gasteiger partial charge in [-0.2, -0.15) is 0 Å². The fourth-order valence-electron chi connectivity index (χ4n) is 2.89. The van der Waals surface area contributed by atoms with Gasteiger partial charge < -0.3 is 18.6 Å². The number of aryl methyl sites for hydroxylation is 1. The van der Waals surface area contributed by atoms with Crippen LogP contribution in [0.15, 0.2) is 47.4 Å². The molecular weight excluding hydrogens is 433 g/mol. The number of hydrogen-bond acceptors (Lipinski definition) is 6. The number of thiophene rings is 1. The highest BCUT2D eigenvalue weighted by Gasteiger charge is 2.33. The van der Waals surface area contributed by atoms with Gasteiger partial charge >= 0.3 is 12.3 Å². The number of hydrogen-bond donors (Lipinski definition) is 0. The zero-order valence-corrected chi connectivity index (χ0v) is 17.6. The lowest BCUT2D eigenvalue weighted by Gasteiger charge is -2.08. The van der Waals surface area contributed by atoms with E-state index in [9.17, 15) is 18.0 Å². The fraction of sp³-hybridized carbons (Fsp3) is 0.318. The summed E-state index contributed by atoms with van der Waals surface area (Å²) in [5.41, 5.74) is 0.418. The molecule has 0 spiro atoms.